The Morgan fingerprint density at radius 1 is 0.906 bits per heavy atom. The molecule has 168 valence electrons. The van der Waals surface area contributed by atoms with Gasteiger partial charge in [-0.25, -0.2) is 0 Å². The van der Waals surface area contributed by atoms with Crippen LogP contribution in [0.25, 0.3) is 0 Å². The topological polar surface area (TPSA) is 47.7 Å². The molecule has 0 saturated carbocycles. The standard InChI is InChI=1S/C28H34N2O2/c1-22-13-14-27(26(29)21-22)31-20-8-17-30-18-15-25(16-19-30)32-28(23-9-4-2-5-10-23)24-11-6-3-7-12-24/h2-7,9-14,21,25,28H,8,15-20,29H2,1H3. The van der Waals surface area contributed by atoms with E-state index in [0.29, 0.717) is 12.3 Å². The Morgan fingerprint density at radius 2 is 1.53 bits per heavy atom. The number of aryl methyl sites for hydroxylation is 1. The fraction of sp³-hybridized carbons (Fsp3) is 0.357. The smallest absolute Gasteiger partial charge is 0.142 e. The van der Waals surface area contributed by atoms with Gasteiger partial charge in [0.05, 0.1) is 18.4 Å². The highest BCUT2D eigenvalue weighted by molar-refractivity contribution is 5.54. The van der Waals surface area contributed by atoms with E-state index in [1.54, 1.807) is 0 Å². The number of hydrogen-bond acceptors (Lipinski definition) is 4. The summed E-state index contributed by atoms with van der Waals surface area (Å²) >= 11 is 0. The average Bonchev–Trinajstić information content (AvgIpc) is 2.83. The molecule has 3 aromatic rings. The lowest BCUT2D eigenvalue weighted by Gasteiger charge is -2.34. The van der Waals surface area contributed by atoms with E-state index in [1.807, 2.05) is 25.1 Å². The van der Waals surface area contributed by atoms with Crippen LogP contribution in [0.5, 0.6) is 5.75 Å². The first-order chi connectivity index (χ1) is 15.7. The largest absolute Gasteiger partial charge is 0.491 e. The second-order valence-electron chi connectivity index (χ2n) is 8.62. The number of ether oxygens (including phenoxy) is 2. The van der Waals surface area contributed by atoms with Gasteiger partial charge in [0, 0.05) is 19.6 Å². The zero-order chi connectivity index (χ0) is 22.2. The predicted octanol–water partition coefficient (Wildman–Crippen LogP) is 5.62. The molecule has 4 nitrogen and oxygen atoms in total. The van der Waals surface area contributed by atoms with E-state index in [2.05, 4.69) is 65.6 Å². The molecule has 2 N–H and O–H groups in total. The second-order valence-corrected chi connectivity index (χ2v) is 8.62. The van der Waals surface area contributed by atoms with Crippen LogP contribution in [-0.4, -0.2) is 37.2 Å². The van der Waals surface area contributed by atoms with E-state index in [9.17, 15) is 0 Å². The first kappa shape index (κ1) is 22.4. The third-order valence-corrected chi connectivity index (χ3v) is 6.11. The van der Waals surface area contributed by atoms with Crippen molar-refractivity contribution in [2.24, 2.45) is 0 Å². The average molecular weight is 431 g/mol. The fourth-order valence-electron chi connectivity index (χ4n) is 4.34. The van der Waals surface area contributed by atoms with Gasteiger partial charge in [-0.2, -0.15) is 0 Å². The van der Waals surface area contributed by atoms with Crippen LogP contribution in [0.15, 0.2) is 78.9 Å². The van der Waals surface area contributed by atoms with Gasteiger partial charge in [-0.05, 0) is 55.0 Å². The van der Waals surface area contributed by atoms with Crippen LogP contribution in [-0.2, 0) is 4.74 Å². The van der Waals surface area contributed by atoms with E-state index in [0.717, 1.165) is 50.2 Å². The Bertz CT molecular complexity index is 914. The number of anilines is 1. The van der Waals surface area contributed by atoms with Crippen LogP contribution < -0.4 is 10.5 Å². The number of nitrogen functional groups attached to an aromatic ring is 1. The van der Waals surface area contributed by atoms with Gasteiger partial charge in [0.1, 0.15) is 11.9 Å². The lowest BCUT2D eigenvalue weighted by Crippen LogP contribution is -2.38. The molecule has 0 spiro atoms. The number of rotatable bonds is 9. The molecule has 4 heteroatoms. The van der Waals surface area contributed by atoms with Crippen molar-refractivity contribution in [1.82, 2.24) is 4.90 Å². The molecule has 1 aliphatic rings. The molecule has 0 bridgehead atoms. The van der Waals surface area contributed by atoms with Gasteiger partial charge in [-0.3, -0.25) is 0 Å². The molecule has 4 rings (SSSR count). The summed E-state index contributed by atoms with van der Waals surface area (Å²) in [4.78, 5) is 2.52. The summed E-state index contributed by atoms with van der Waals surface area (Å²) in [7, 11) is 0. The Labute approximate surface area is 192 Å². The third-order valence-electron chi connectivity index (χ3n) is 6.11. The van der Waals surface area contributed by atoms with Gasteiger partial charge in [0.25, 0.3) is 0 Å². The fourth-order valence-corrected chi connectivity index (χ4v) is 4.34. The molecule has 0 amide bonds. The highest BCUT2D eigenvalue weighted by Gasteiger charge is 2.24. The summed E-state index contributed by atoms with van der Waals surface area (Å²) in [5.41, 5.74) is 10.3. The second kappa shape index (κ2) is 11.2. The normalized spacial score (nSPS) is 15.2. The maximum Gasteiger partial charge on any atom is 0.142 e. The van der Waals surface area contributed by atoms with Crippen molar-refractivity contribution in [3.05, 3.63) is 95.6 Å². The van der Waals surface area contributed by atoms with Crippen molar-refractivity contribution < 1.29 is 9.47 Å². The minimum absolute atomic E-state index is 0.0117. The summed E-state index contributed by atoms with van der Waals surface area (Å²) < 4.78 is 12.5. The van der Waals surface area contributed by atoms with E-state index < -0.39 is 0 Å². The van der Waals surface area contributed by atoms with Gasteiger partial charge in [0.2, 0.25) is 0 Å². The molecule has 1 saturated heterocycles. The lowest BCUT2D eigenvalue weighted by molar-refractivity contribution is -0.0273. The quantitative estimate of drug-likeness (QED) is 0.354. The van der Waals surface area contributed by atoms with Crippen molar-refractivity contribution in [2.45, 2.75) is 38.4 Å². The zero-order valence-electron chi connectivity index (χ0n) is 19.0. The summed E-state index contributed by atoms with van der Waals surface area (Å²) in [6.45, 7) is 5.89. The van der Waals surface area contributed by atoms with Gasteiger partial charge >= 0.3 is 0 Å². The molecule has 32 heavy (non-hydrogen) atoms. The van der Waals surface area contributed by atoms with Gasteiger partial charge < -0.3 is 20.1 Å². The molecule has 1 aliphatic heterocycles. The van der Waals surface area contributed by atoms with Crippen molar-refractivity contribution in [3.63, 3.8) is 0 Å². The Morgan fingerprint density at radius 3 is 2.12 bits per heavy atom. The molecule has 0 radical (unpaired) electrons. The van der Waals surface area contributed by atoms with Crippen molar-refractivity contribution in [1.29, 1.82) is 0 Å². The molecule has 0 unspecified atom stereocenters. The van der Waals surface area contributed by atoms with Gasteiger partial charge in [-0.1, -0.05) is 66.7 Å². The van der Waals surface area contributed by atoms with Gasteiger partial charge in [0.15, 0.2) is 0 Å². The number of benzene rings is 3. The minimum Gasteiger partial charge on any atom is -0.491 e. The third kappa shape index (κ3) is 6.12. The first-order valence-corrected chi connectivity index (χ1v) is 11.7. The number of hydrogen-bond donors (Lipinski definition) is 1. The first-order valence-electron chi connectivity index (χ1n) is 11.7. The van der Waals surface area contributed by atoms with E-state index in [1.165, 1.54) is 11.1 Å². The van der Waals surface area contributed by atoms with E-state index in [-0.39, 0.29) is 12.2 Å². The van der Waals surface area contributed by atoms with Crippen LogP contribution in [0.2, 0.25) is 0 Å². The summed E-state index contributed by atoms with van der Waals surface area (Å²) in [6, 6.07) is 27.1. The van der Waals surface area contributed by atoms with E-state index in [4.69, 9.17) is 15.2 Å². The molecular formula is C28H34N2O2. The molecule has 0 aliphatic carbocycles. The number of nitrogens with zero attached hydrogens (tertiary/aromatic N) is 1. The van der Waals surface area contributed by atoms with E-state index >= 15 is 0 Å². The summed E-state index contributed by atoms with van der Waals surface area (Å²) in [6.07, 6.45) is 3.38. The number of likely N-dealkylation sites (tertiary alicyclic amines) is 1. The monoisotopic (exact) mass is 430 g/mol. The Balaban J connectivity index is 1.24. The minimum atomic E-state index is -0.0117. The molecule has 3 aromatic carbocycles. The number of piperidine rings is 1. The SMILES string of the molecule is Cc1ccc(OCCCN2CCC(OC(c3ccccc3)c3ccccc3)CC2)c(N)c1. The Kier molecular flexibility index (Phi) is 7.81. The molecule has 0 aromatic heterocycles. The molecule has 1 heterocycles. The zero-order valence-corrected chi connectivity index (χ0v) is 19.0. The summed E-state index contributed by atoms with van der Waals surface area (Å²) in [5.74, 6) is 0.788. The van der Waals surface area contributed by atoms with Crippen molar-refractivity contribution in [2.75, 3.05) is 32.0 Å². The van der Waals surface area contributed by atoms with Crippen LogP contribution in [0.3, 0.4) is 0 Å². The highest BCUT2D eigenvalue weighted by atomic mass is 16.5. The maximum absolute atomic E-state index is 6.65. The van der Waals surface area contributed by atoms with Crippen molar-refractivity contribution >= 4 is 5.69 Å². The molecule has 0 atom stereocenters. The Hall–Kier alpha value is -2.82. The van der Waals surface area contributed by atoms with Crippen LogP contribution >= 0.6 is 0 Å². The summed E-state index contributed by atoms with van der Waals surface area (Å²) in [5, 5.41) is 0. The van der Waals surface area contributed by atoms with Crippen LogP contribution in [0, 0.1) is 6.92 Å². The maximum atomic E-state index is 6.65. The lowest BCUT2D eigenvalue weighted by atomic mass is 10.00. The predicted molar refractivity (Wildman–Crippen MR) is 131 cm³/mol. The number of nitrogens with two attached hydrogens (primary N) is 1. The van der Waals surface area contributed by atoms with Gasteiger partial charge in [-0.15, -0.1) is 0 Å². The van der Waals surface area contributed by atoms with Crippen LogP contribution in [0.4, 0.5) is 5.69 Å². The molecule has 1 fully saturated rings. The molecular weight excluding hydrogens is 396 g/mol. The van der Waals surface area contributed by atoms with Crippen LogP contribution in [0.1, 0.15) is 42.1 Å². The highest BCUT2D eigenvalue weighted by Crippen LogP contribution is 2.30. The van der Waals surface area contributed by atoms with Crippen molar-refractivity contribution in [3.8, 4) is 5.75 Å².